The molecule has 0 spiro atoms. The molecule has 0 saturated carbocycles. The van der Waals surface area contributed by atoms with Gasteiger partial charge in [0.15, 0.2) is 0 Å². The molecule has 22 heavy (non-hydrogen) atoms. The Morgan fingerprint density at radius 3 is 2.95 bits per heavy atom. The van der Waals surface area contributed by atoms with E-state index in [9.17, 15) is 14.7 Å². The highest BCUT2D eigenvalue weighted by Gasteiger charge is 2.45. The zero-order valence-electron chi connectivity index (χ0n) is 12.2. The molecule has 1 aromatic heterocycles. The van der Waals surface area contributed by atoms with Crippen LogP contribution in [-0.4, -0.2) is 39.0 Å². The third kappa shape index (κ3) is 2.35. The number of aromatic nitrogens is 1. The van der Waals surface area contributed by atoms with Crippen LogP contribution in [0.4, 0.5) is 0 Å². The molecule has 2 aromatic rings. The van der Waals surface area contributed by atoms with E-state index < -0.39 is 11.5 Å². The fourth-order valence-corrected chi connectivity index (χ4v) is 3.31. The van der Waals surface area contributed by atoms with Crippen LogP contribution in [0.5, 0.6) is 0 Å². The SMILES string of the molecule is CC1(C(=O)O)CCCN1C(=O)Cc1c[nH]c2ccc(Cl)cc12. The van der Waals surface area contributed by atoms with Gasteiger partial charge in [0.25, 0.3) is 0 Å². The van der Waals surface area contributed by atoms with Crippen molar-refractivity contribution in [1.82, 2.24) is 9.88 Å². The number of aliphatic carboxylic acids is 1. The summed E-state index contributed by atoms with van der Waals surface area (Å²) in [6.45, 7) is 2.11. The fourth-order valence-electron chi connectivity index (χ4n) is 3.14. The van der Waals surface area contributed by atoms with Gasteiger partial charge in [0, 0.05) is 28.7 Å². The molecule has 1 fully saturated rings. The topological polar surface area (TPSA) is 73.4 Å². The van der Waals surface area contributed by atoms with Crippen molar-refractivity contribution in [3.8, 4) is 0 Å². The predicted octanol–water partition coefficient (Wildman–Crippen LogP) is 2.83. The molecule has 2 heterocycles. The third-order valence-electron chi connectivity index (χ3n) is 4.47. The number of nitrogens with zero attached hydrogens (tertiary/aromatic N) is 1. The van der Waals surface area contributed by atoms with Crippen molar-refractivity contribution in [3.05, 3.63) is 35.0 Å². The lowest BCUT2D eigenvalue weighted by atomic mass is 9.98. The second-order valence-electron chi connectivity index (χ2n) is 5.91. The predicted molar refractivity (Wildman–Crippen MR) is 84.0 cm³/mol. The Balaban J connectivity index is 1.87. The molecule has 2 N–H and O–H groups in total. The minimum absolute atomic E-state index is 0.164. The fraction of sp³-hybridized carbons (Fsp3) is 0.375. The number of carbonyl (C=O) groups is 2. The minimum Gasteiger partial charge on any atom is -0.480 e. The zero-order valence-corrected chi connectivity index (χ0v) is 13.0. The lowest BCUT2D eigenvalue weighted by Crippen LogP contribution is -2.51. The van der Waals surface area contributed by atoms with Crippen LogP contribution in [0.2, 0.25) is 5.02 Å². The van der Waals surface area contributed by atoms with Gasteiger partial charge in [-0.15, -0.1) is 0 Å². The van der Waals surface area contributed by atoms with Crippen LogP contribution in [0, 0.1) is 0 Å². The molecule has 1 aliphatic rings. The van der Waals surface area contributed by atoms with Gasteiger partial charge in [-0.25, -0.2) is 4.79 Å². The highest BCUT2D eigenvalue weighted by Crippen LogP contribution is 2.31. The molecule has 1 unspecified atom stereocenters. The maximum Gasteiger partial charge on any atom is 0.329 e. The quantitative estimate of drug-likeness (QED) is 0.913. The van der Waals surface area contributed by atoms with Crippen molar-refractivity contribution in [2.45, 2.75) is 31.7 Å². The summed E-state index contributed by atoms with van der Waals surface area (Å²) in [5.41, 5.74) is 0.651. The van der Waals surface area contributed by atoms with Gasteiger partial charge in [-0.05, 0) is 43.5 Å². The molecule has 0 bridgehead atoms. The molecular weight excluding hydrogens is 304 g/mol. The molecule has 1 amide bonds. The first-order valence-electron chi connectivity index (χ1n) is 7.21. The number of H-pyrrole nitrogens is 1. The number of carbonyl (C=O) groups excluding carboxylic acids is 1. The van der Waals surface area contributed by atoms with E-state index in [4.69, 9.17) is 11.6 Å². The third-order valence-corrected chi connectivity index (χ3v) is 4.71. The molecule has 3 rings (SSSR count). The zero-order chi connectivity index (χ0) is 15.9. The van der Waals surface area contributed by atoms with Gasteiger partial charge in [-0.1, -0.05) is 11.6 Å². The largest absolute Gasteiger partial charge is 0.480 e. The summed E-state index contributed by atoms with van der Waals surface area (Å²) in [5, 5.41) is 10.9. The number of nitrogens with one attached hydrogen (secondary N) is 1. The van der Waals surface area contributed by atoms with Crippen LogP contribution in [0.15, 0.2) is 24.4 Å². The highest BCUT2D eigenvalue weighted by atomic mass is 35.5. The Kier molecular flexibility index (Phi) is 3.60. The van der Waals surface area contributed by atoms with Crippen LogP contribution in [0.25, 0.3) is 10.9 Å². The molecule has 1 aromatic carbocycles. The molecule has 1 aliphatic heterocycles. The molecule has 0 radical (unpaired) electrons. The Bertz CT molecular complexity index is 755. The van der Waals surface area contributed by atoms with Crippen molar-refractivity contribution in [2.24, 2.45) is 0 Å². The van der Waals surface area contributed by atoms with Crippen molar-refractivity contribution >= 4 is 34.4 Å². The Morgan fingerprint density at radius 2 is 2.23 bits per heavy atom. The second-order valence-corrected chi connectivity index (χ2v) is 6.34. The number of hydrogen-bond donors (Lipinski definition) is 2. The summed E-state index contributed by atoms with van der Waals surface area (Å²) in [4.78, 5) is 28.7. The second kappa shape index (κ2) is 5.32. The van der Waals surface area contributed by atoms with E-state index in [1.165, 1.54) is 4.90 Å². The summed E-state index contributed by atoms with van der Waals surface area (Å²) in [6, 6.07) is 5.47. The van der Waals surface area contributed by atoms with E-state index in [0.717, 1.165) is 16.5 Å². The van der Waals surface area contributed by atoms with Crippen LogP contribution in [0.1, 0.15) is 25.3 Å². The van der Waals surface area contributed by atoms with E-state index in [2.05, 4.69) is 4.98 Å². The molecule has 1 atom stereocenters. The van der Waals surface area contributed by atoms with Gasteiger partial charge >= 0.3 is 5.97 Å². The van der Waals surface area contributed by atoms with Crippen LogP contribution in [-0.2, 0) is 16.0 Å². The first-order chi connectivity index (χ1) is 10.4. The Hall–Kier alpha value is -2.01. The number of hydrogen-bond acceptors (Lipinski definition) is 2. The summed E-state index contributed by atoms with van der Waals surface area (Å²) < 4.78 is 0. The van der Waals surface area contributed by atoms with Crippen LogP contribution < -0.4 is 0 Å². The monoisotopic (exact) mass is 320 g/mol. The number of halogens is 1. The van der Waals surface area contributed by atoms with E-state index in [1.807, 2.05) is 12.1 Å². The smallest absolute Gasteiger partial charge is 0.329 e. The van der Waals surface area contributed by atoms with Crippen LogP contribution in [0.3, 0.4) is 0 Å². The molecule has 5 nitrogen and oxygen atoms in total. The lowest BCUT2D eigenvalue weighted by molar-refractivity contribution is -0.155. The molecule has 0 aliphatic carbocycles. The number of rotatable bonds is 3. The number of amides is 1. The van der Waals surface area contributed by atoms with Gasteiger partial charge in [-0.3, -0.25) is 4.79 Å². The van der Waals surface area contributed by atoms with Gasteiger partial charge < -0.3 is 15.0 Å². The maximum absolute atomic E-state index is 12.6. The molecular formula is C16H17ClN2O3. The van der Waals surface area contributed by atoms with Gasteiger partial charge in [-0.2, -0.15) is 0 Å². The first-order valence-corrected chi connectivity index (χ1v) is 7.59. The number of fused-ring (bicyclic) bond motifs is 1. The average Bonchev–Trinajstić information content (AvgIpc) is 3.04. The van der Waals surface area contributed by atoms with E-state index in [1.54, 1.807) is 19.2 Å². The van der Waals surface area contributed by atoms with Crippen molar-refractivity contribution in [3.63, 3.8) is 0 Å². The standard InChI is InChI=1S/C16H17ClN2O3/c1-16(15(21)22)5-2-6-19(16)14(20)7-10-9-18-13-4-3-11(17)8-12(10)13/h3-4,8-9,18H,2,5-7H2,1H3,(H,21,22). The minimum atomic E-state index is -1.10. The Morgan fingerprint density at radius 1 is 1.45 bits per heavy atom. The first kappa shape index (κ1) is 14.9. The number of aromatic amines is 1. The summed E-state index contributed by atoms with van der Waals surface area (Å²) >= 11 is 6.01. The molecule has 116 valence electrons. The summed E-state index contributed by atoms with van der Waals surface area (Å²) in [7, 11) is 0. The number of benzene rings is 1. The number of carboxylic acid groups (broad SMARTS) is 1. The Labute approximate surface area is 132 Å². The van der Waals surface area contributed by atoms with Crippen molar-refractivity contribution in [1.29, 1.82) is 0 Å². The van der Waals surface area contributed by atoms with Gasteiger partial charge in [0.2, 0.25) is 5.91 Å². The summed E-state index contributed by atoms with van der Waals surface area (Å²) in [6.07, 6.45) is 3.17. The average molecular weight is 321 g/mol. The van der Waals surface area contributed by atoms with Gasteiger partial charge in [0.05, 0.1) is 6.42 Å². The van der Waals surface area contributed by atoms with Crippen molar-refractivity contribution in [2.75, 3.05) is 6.54 Å². The number of likely N-dealkylation sites (tertiary alicyclic amines) is 1. The molecule has 1 saturated heterocycles. The highest BCUT2D eigenvalue weighted by molar-refractivity contribution is 6.31. The lowest BCUT2D eigenvalue weighted by Gasteiger charge is -2.31. The normalized spacial score (nSPS) is 21.5. The van der Waals surface area contributed by atoms with Crippen molar-refractivity contribution < 1.29 is 14.7 Å². The molecule has 6 heteroatoms. The van der Waals surface area contributed by atoms with E-state index in [0.29, 0.717) is 24.4 Å². The van der Waals surface area contributed by atoms with Gasteiger partial charge in [0.1, 0.15) is 5.54 Å². The van der Waals surface area contributed by atoms with Crippen LogP contribution >= 0.6 is 11.6 Å². The summed E-state index contributed by atoms with van der Waals surface area (Å²) in [5.74, 6) is -1.11. The number of carboxylic acids is 1. The van der Waals surface area contributed by atoms with E-state index >= 15 is 0 Å². The van der Waals surface area contributed by atoms with E-state index in [-0.39, 0.29) is 12.3 Å². The maximum atomic E-state index is 12.6.